The number of carbonyl (C=O) groups is 1. The number of likely N-dealkylation sites (tertiary alicyclic amines) is 1. The topological polar surface area (TPSA) is 86.3 Å². The van der Waals surface area contributed by atoms with Crippen LogP contribution in [0.4, 0.5) is 4.79 Å². The third kappa shape index (κ3) is 3.34. The van der Waals surface area contributed by atoms with Crippen LogP contribution in [0.5, 0.6) is 0 Å². The van der Waals surface area contributed by atoms with Crippen LogP contribution in [0.25, 0.3) is 0 Å². The monoisotopic (exact) mass is 295 g/mol. The van der Waals surface area contributed by atoms with Crippen LogP contribution in [-0.4, -0.2) is 44.4 Å². The second-order valence-corrected chi connectivity index (χ2v) is 6.79. The van der Waals surface area contributed by atoms with E-state index in [1.165, 1.54) is 0 Å². The second kappa shape index (κ2) is 5.29. The Morgan fingerprint density at radius 3 is 2.57 bits per heavy atom. The molecule has 1 saturated heterocycles. The predicted octanol–water partition coefficient (Wildman–Crippen LogP) is 1.31. The van der Waals surface area contributed by atoms with Crippen molar-refractivity contribution in [3.8, 4) is 0 Å². The van der Waals surface area contributed by atoms with Crippen LogP contribution in [-0.2, 0) is 17.3 Å². The lowest BCUT2D eigenvalue weighted by Gasteiger charge is -2.39. The van der Waals surface area contributed by atoms with Crippen molar-refractivity contribution in [1.82, 2.24) is 19.7 Å². The summed E-state index contributed by atoms with van der Waals surface area (Å²) in [4.78, 5) is 13.9. The highest BCUT2D eigenvalue weighted by Crippen LogP contribution is 2.28. The number of carbonyl (C=O) groups excluding carboxylic acids is 1. The van der Waals surface area contributed by atoms with Crippen LogP contribution in [0.2, 0.25) is 0 Å². The van der Waals surface area contributed by atoms with E-state index < -0.39 is 11.1 Å². The van der Waals surface area contributed by atoms with E-state index >= 15 is 0 Å². The lowest BCUT2D eigenvalue weighted by atomic mass is 9.89. The number of hydrogen-bond donors (Lipinski definition) is 1. The van der Waals surface area contributed by atoms with Gasteiger partial charge in [-0.2, -0.15) is 0 Å². The summed E-state index contributed by atoms with van der Waals surface area (Å²) in [6.07, 6.45) is 1.27. The molecule has 0 radical (unpaired) electrons. The molecule has 1 aliphatic heterocycles. The molecule has 1 aromatic rings. The van der Waals surface area contributed by atoms with Gasteiger partial charge in [-0.25, -0.2) is 4.79 Å². The minimum absolute atomic E-state index is 0.323. The van der Waals surface area contributed by atoms with Crippen LogP contribution >= 0.6 is 0 Å². The summed E-state index contributed by atoms with van der Waals surface area (Å²) in [5.41, 5.74) is 5.33. The van der Waals surface area contributed by atoms with Gasteiger partial charge in [-0.05, 0) is 40.5 Å². The van der Waals surface area contributed by atoms with Crippen LogP contribution in [0, 0.1) is 6.92 Å². The summed E-state index contributed by atoms with van der Waals surface area (Å²) in [5.74, 6) is 1.53. The van der Waals surface area contributed by atoms with Crippen molar-refractivity contribution in [2.24, 2.45) is 12.8 Å². The zero-order valence-electron chi connectivity index (χ0n) is 13.5. The Labute approximate surface area is 125 Å². The minimum Gasteiger partial charge on any atom is -0.444 e. The maximum atomic E-state index is 12.2. The summed E-state index contributed by atoms with van der Waals surface area (Å²) in [6.45, 7) is 8.51. The van der Waals surface area contributed by atoms with Gasteiger partial charge in [0.25, 0.3) is 0 Å². The summed E-state index contributed by atoms with van der Waals surface area (Å²) in [7, 11) is 1.89. The van der Waals surface area contributed by atoms with Crippen molar-refractivity contribution in [3.05, 3.63) is 11.6 Å². The van der Waals surface area contributed by atoms with E-state index in [0.717, 1.165) is 18.7 Å². The van der Waals surface area contributed by atoms with Gasteiger partial charge in [0.1, 0.15) is 11.4 Å². The highest BCUT2D eigenvalue weighted by Gasteiger charge is 2.40. The van der Waals surface area contributed by atoms with E-state index in [0.29, 0.717) is 18.9 Å². The first-order valence-corrected chi connectivity index (χ1v) is 7.26. The van der Waals surface area contributed by atoms with Crippen molar-refractivity contribution in [3.63, 3.8) is 0 Å². The smallest absolute Gasteiger partial charge is 0.410 e. The van der Waals surface area contributed by atoms with E-state index in [4.69, 9.17) is 10.5 Å². The van der Waals surface area contributed by atoms with Gasteiger partial charge in [0.15, 0.2) is 5.82 Å². The lowest BCUT2D eigenvalue weighted by Crippen LogP contribution is -2.55. The molecule has 2 rings (SSSR count). The van der Waals surface area contributed by atoms with Crippen molar-refractivity contribution in [1.29, 1.82) is 0 Å². The zero-order valence-corrected chi connectivity index (χ0v) is 13.5. The van der Waals surface area contributed by atoms with Gasteiger partial charge in [0.2, 0.25) is 0 Å². The number of ether oxygens (including phenoxy) is 1. The number of piperidine rings is 1. The first kappa shape index (κ1) is 15.8. The Kier molecular flexibility index (Phi) is 3.97. The van der Waals surface area contributed by atoms with Crippen LogP contribution in [0.3, 0.4) is 0 Å². The Bertz CT molecular complexity index is 534. The maximum absolute atomic E-state index is 12.2. The molecule has 0 bridgehead atoms. The van der Waals surface area contributed by atoms with Gasteiger partial charge in [0.05, 0.1) is 5.54 Å². The Balaban J connectivity index is 2.17. The number of aryl methyl sites for hydroxylation is 1. The standard InChI is InChI=1S/C14H25N5O2/c1-10-16-17-11(18(10)5)14(15)7-6-8-19(9-14)12(20)21-13(2,3)4/h6-9,15H2,1-5H3. The summed E-state index contributed by atoms with van der Waals surface area (Å²) >= 11 is 0. The SMILES string of the molecule is Cc1nnc(C2(N)CCCN(C(=O)OC(C)(C)C)C2)n1C. The zero-order chi connectivity index (χ0) is 15.8. The average Bonchev–Trinajstić information content (AvgIpc) is 2.68. The quantitative estimate of drug-likeness (QED) is 0.844. The largest absolute Gasteiger partial charge is 0.444 e. The van der Waals surface area contributed by atoms with E-state index in [9.17, 15) is 4.79 Å². The number of nitrogens with zero attached hydrogens (tertiary/aromatic N) is 4. The number of hydrogen-bond acceptors (Lipinski definition) is 5. The molecule has 1 aromatic heterocycles. The molecule has 1 amide bonds. The molecule has 118 valence electrons. The minimum atomic E-state index is -0.675. The van der Waals surface area contributed by atoms with Crippen LogP contribution in [0.1, 0.15) is 45.3 Å². The molecule has 7 nitrogen and oxygen atoms in total. The van der Waals surface area contributed by atoms with Crippen molar-refractivity contribution in [2.45, 2.75) is 51.7 Å². The van der Waals surface area contributed by atoms with Gasteiger partial charge in [-0.3, -0.25) is 0 Å². The molecule has 0 aliphatic carbocycles. The fourth-order valence-electron chi connectivity index (χ4n) is 2.59. The van der Waals surface area contributed by atoms with Gasteiger partial charge in [-0.15, -0.1) is 10.2 Å². The number of amides is 1. The fraction of sp³-hybridized carbons (Fsp3) is 0.786. The molecule has 1 fully saturated rings. The molecule has 1 aliphatic rings. The van der Waals surface area contributed by atoms with Gasteiger partial charge in [0, 0.05) is 20.1 Å². The van der Waals surface area contributed by atoms with Crippen LogP contribution < -0.4 is 5.73 Å². The molecule has 0 aromatic carbocycles. The average molecular weight is 295 g/mol. The molecule has 1 unspecified atom stereocenters. The van der Waals surface area contributed by atoms with E-state index in [1.807, 2.05) is 39.3 Å². The Morgan fingerprint density at radius 1 is 1.38 bits per heavy atom. The van der Waals surface area contributed by atoms with Crippen molar-refractivity contribution < 1.29 is 9.53 Å². The third-order valence-corrected chi connectivity index (χ3v) is 3.71. The molecular formula is C14H25N5O2. The number of aromatic nitrogens is 3. The first-order chi connectivity index (χ1) is 9.62. The molecule has 2 N–H and O–H groups in total. The molecule has 0 spiro atoms. The molecular weight excluding hydrogens is 270 g/mol. The Morgan fingerprint density at radius 2 is 2.05 bits per heavy atom. The van der Waals surface area contributed by atoms with Crippen molar-refractivity contribution in [2.75, 3.05) is 13.1 Å². The molecule has 1 atom stereocenters. The fourth-order valence-corrected chi connectivity index (χ4v) is 2.59. The van der Waals surface area contributed by atoms with Crippen molar-refractivity contribution >= 4 is 6.09 Å². The number of nitrogens with two attached hydrogens (primary N) is 1. The van der Waals surface area contributed by atoms with Gasteiger partial charge in [-0.1, -0.05) is 0 Å². The molecule has 0 saturated carbocycles. The van der Waals surface area contributed by atoms with E-state index in [2.05, 4.69) is 10.2 Å². The highest BCUT2D eigenvalue weighted by molar-refractivity contribution is 5.68. The Hall–Kier alpha value is -1.63. The van der Waals surface area contributed by atoms with Gasteiger partial charge >= 0.3 is 6.09 Å². The highest BCUT2D eigenvalue weighted by atomic mass is 16.6. The molecule has 2 heterocycles. The first-order valence-electron chi connectivity index (χ1n) is 7.26. The maximum Gasteiger partial charge on any atom is 0.410 e. The molecule has 7 heteroatoms. The third-order valence-electron chi connectivity index (χ3n) is 3.71. The summed E-state index contributed by atoms with van der Waals surface area (Å²) < 4.78 is 7.32. The normalized spacial score (nSPS) is 23.2. The predicted molar refractivity (Wildman–Crippen MR) is 78.6 cm³/mol. The van der Waals surface area contributed by atoms with E-state index in [-0.39, 0.29) is 6.09 Å². The number of rotatable bonds is 1. The van der Waals surface area contributed by atoms with Crippen LogP contribution in [0.15, 0.2) is 0 Å². The molecule has 21 heavy (non-hydrogen) atoms. The lowest BCUT2D eigenvalue weighted by molar-refractivity contribution is 0.0129. The van der Waals surface area contributed by atoms with E-state index in [1.54, 1.807) is 4.90 Å². The summed E-state index contributed by atoms with van der Waals surface area (Å²) in [6, 6.07) is 0. The second-order valence-electron chi connectivity index (χ2n) is 6.79. The summed E-state index contributed by atoms with van der Waals surface area (Å²) in [5, 5.41) is 8.25. The van der Waals surface area contributed by atoms with Gasteiger partial charge < -0.3 is 19.9 Å².